The molecule has 2 aromatic rings. The Hall–Kier alpha value is -2.17. The Bertz CT molecular complexity index is 671. The number of hydrogen-bond acceptors (Lipinski definition) is 4. The van der Waals surface area contributed by atoms with Gasteiger partial charge in [0, 0.05) is 6.20 Å². The smallest absolute Gasteiger partial charge is 0.258 e. The molecule has 5 heteroatoms. The molecule has 2 heterocycles. The van der Waals surface area contributed by atoms with E-state index in [9.17, 15) is 9.90 Å². The van der Waals surface area contributed by atoms with Gasteiger partial charge in [-0.3, -0.25) is 9.78 Å². The van der Waals surface area contributed by atoms with Crippen molar-refractivity contribution in [3.63, 3.8) is 0 Å². The van der Waals surface area contributed by atoms with Crippen LogP contribution in [0.5, 0.6) is 5.88 Å². The predicted molar refractivity (Wildman–Crippen MR) is 75.7 cm³/mol. The first kappa shape index (κ1) is 12.8. The first-order valence-electron chi connectivity index (χ1n) is 6.91. The Morgan fingerprint density at radius 1 is 1.30 bits per heavy atom. The average molecular weight is 271 g/mol. The van der Waals surface area contributed by atoms with Crippen molar-refractivity contribution in [2.24, 2.45) is 0 Å². The minimum atomic E-state index is -0.248. The number of H-pyrrole nitrogens is 1. The van der Waals surface area contributed by atoms with Crippen molar-refractivity contribution in [1.29, 1.82) is 0 Å². The first-order chi connectivity index (χ1) is 9.65. The number of aromatic hydroxyl groups is 1. The van der Waals surface area contributed by atoms with Gasteiger partial charge < -0.3 is 10.1 Å². The third kappa shape index (κ3) is 2.31. The zero-order valence-corrected chi connectivity index (χ0v) is 11.4. The molecule has 0 aliphatic heterocycles. The number of nitrogens with zero attached hydrogens (tertiary/aromatic N) is 2. The third-order valence-electron chi connectivity index (χ3n) is 3.85. The van der Waals surface area contributed by atoms with Crippen molar-refractivity contribution >= 4 is 0 Å². The molecule has 0 unspecified atom stereocenters. The maximum Gasteiger partial charge on any atom is 0.258 e. The molecule has 0 radical (unpaired) electrons. The fraction of sp³-hybridized carbons (Fsp3) is 0.400. The highest BCUT2D eigenvalue weighted by molar-refractivity contribution is 5.50. The summed E-state index contributed by atoms with van der Waals surface area (Å²) in [4.78, 5) is 23.3. The highest BCUT2D eigenvalue weighted by Crippen LogP contribution is 2.35. The first-order valence-corrected chi connectivity index (χ1v) is 6.91. The summed E-state index contributed by atoms with van der Waals surface area (Å²) in [5, 5.41) is 10.1. The van der Waals surface area contributed by atoms with Crippen molar-refractivity contribution in [3.05, 3.63) is 39.8 Å². The van der Waals surface area contributed by atoms with Crippen LogP contribution >= 0.6 is 0 Å². The minimum absolute atomic E-state index is 0.131. The maximum absolute atomic E-state index is 12.2. The van der Waals surface area contributed by atoms with Crippen LogP contribution in [0.15, 0.2) is 23.1 Å². The van der Waals surface area contributed by atoms with E-state index in [1.165, 1.54) is 0 Å². The summed E-state index contributed by atoms with van der Waals surface area (Å²) in [5.41, 5.74) is 1.77. The van der Waals surface area contributed by atoms with E-state index >= 15 is 0 Å². The van der Waals surface area contributed by atoms with Crippen LogP contribution in [0.1, 0.15) is 42.7 Å². The molecule has 0 bridgehead atoms. The molecule has 0 spiro atoms. The molecule has 104 valence electrons. The topological polar surface area (TPSA) is 78.9 Å². The van der Waals surface area contributed by atoms with E-state index in [-0.39, 0.29) is 17.4 Å². The standard InChI is InChI=1S/C15H17N3O2/c1-9-6-7-11(16-8-9)13-17-14(19)12(15(20)18-13)10-4-2-3-5-10/h6-8,10H,2-5H2,1H3,(H2,17,18,19,20). The van der Waals surface area contributed by atoms with Crippen LogP contribution in [0.3, 0.4) is 0 Å². The molecule has 1 fully saturated rings. The van der Waals surface area contributed by atoms with Crippen LogP contribution in [0, 0.1) is 6.92 Å². The van der Waals surface area contributed by atoms with Crippen molar-refractivity contribution in [2.45, 2.75) is 38.5 Å². The average Bonchev–Trinajstić information content (AvgIpc) is 2.92. The number of aromatic nitrogens is 3. The van der Waals surface area contributed by atoms with Crippen molar-refractivity contribution in [1.82, 2.24) is 15.0 Å². The summed E-state index contributed by atoms with van der Waals surface area (Å²) < 4.78 is 0. The Morgan fingerprint density at radius 2 is 2.05 bits per heavy atom. The van der Waals surface area contributed by atoms with Gasteiger partial charge in [-0.25, -0.2) is 0 Å². The van der Waals surface area contributed by atoms with E-state index in [4.69, 9.17) is 0 Å². The largest absolute Gasteiger partial charge is 0.493 e. The van der Waals surface area contributed by atoms with Gasteiger partial charge in [-0.05, 0) is 37.3 Å². The van der Waals surface area contributed by atoms with Gasteiger partial charge in [0.2, 0.25) is 5.88 Å². The van der Waals surface area contributed by atoms with Crippen LogP contribution in [-0.4, -0.2) is 20.1 Å². The molecule has 20 heavy (non-hydrogen) atoms. The second-order valence-electron chi connectivity index (χ2n) is 5.35. The molecular weight excluding hydrogens is 254 g/mol. The maximum atomic E-state index is 12.2. The van der Waals surface area contributed by atoms with Crippen LogP contribution in [0.2, 0.25) is 0 Å². The molecular formula is C15H17N3O2. The molecule has 0 aromatic carbocycles. The van der Waals surface area contributed by atoms with Gasteiger partial charge in [0.25, 0.3) is 5.56 Å². The van der Waals surface area contributed by atoms with Gasteiger partial charge in [-0.15, -0.1) is 0 Å². The van der Waals surface area contributed by atoms with Gasteiger partial charge >= 0.3 is 0 Å². The lowest BCUT2D eigenvalue weighted by atomic mass is 10.00. The van der Waals surface area contributed by atoms with Gasteiger partial charge in [0.05, 0.1) is 5.56 Å². The zero-order valence-electron chi connectivity index (χ0n) is 11.4. The molecule has 3 rings (SSSR count). The molecule has 0 amide bonds. The molecule has 1 aliphatic rings. The van der Waals surface area contributed by atoms with Gasteiger partial charge in [0.15, 0.2) is 5.82 Å². The Morgan fingerprint density at radius 3 is 2.65 bits per heavy atom. The number of aromatic amines is 1. The van der Waals surface area contributed by atoms with E-state index in [1.54, 1.807) is 12.3 Å². The minimum Gasteiger partial charge on any atom is -0.493 e. The second-order valence-corrected chi connectivity index (χ2v) is 5.35. The molecule has 1 aliphatic carbocycles. The molecule has 2 aromatic heterocycles. The van der Waals surface area contributed by atoms with Gasteiger partial charge in [-0.2, -0.15) is 4.98 Å². The fourth-order valence-corrected chi connectivity index (χ4v) is 2.78. The van der Waals surface area contributed by atoms with E-state index in [0.717, 1.165) is 31.2 Å². The molecule has 5 nitrogen and oxygen atoms in total. The molecule has 0 saturated heterocycles. The monoisotopic (exact) mass is 271 g/mol. The lowest BCUT2D eigenvalue weighted by Crippen LogP contribution is -2.17. The van der Waals surface area contributed by atoms with E-state index in [0.29, 0.717) is 17.1 Å². The van der Waals surface area contributed by atoms with Crippen molar-refractivity contribution in [3.8, 4) is 17.4 Å². The summed E-state index contributed by atoms with van der Waals surface area (Å²) in [6, 6.07) is 3.67. The predicted octanol–water partition coefficient (Wildman–Crippen LogP) is 2.50. The summed E-state index contributed by atoms with van der Waals surface area (Å²) in [5.74, 6) is 0.290. The van der Waals surface area contributed by atoms with Gasteiger partial charge in [0.1, 0.15) is 5.69 Å². The van der Waals surface area contributed by atoms with Crippen molar-refractivity contribution < 1.29 is 5.11 Å². The number of nitrogens with one attached hydrogen (secondary N) is 1. The Balaban J connectivity index is 2.03. The van der Waals surface area contributed by atoms with Crippen molar-refractivity contribution in [2.75, 3.05) is 0 Å². The second kappa shape index (κ2) is 5.07. The van der Waals surface area contributed by atoms with Crippen LogP contribution < -0.4 is 5.56 Å². The number of rotatable bonds is 2. The molecule has 2 N–H and O–H groups in total. The fourth-order valence-electron chi connectivity index (χ4n) is 2.78. The SMILES string of the molecule is Cc1ccc(-c2nc(O)c(C3CCCC3)c(=O)[nH]2)nc1. The lowest BCUT2D eigenvalue weighted by molar-refractivity contribution is 0.436. The Labute approximate surface area is 116 Å². The van der Waals surface area contributed by atoms with Crippen LogP contribution in [0.25, 0.3) is 11.5 Å². The highest BCUT2D eigenvalue weighted by atomic mass is 16.3. The number of aryl methyl sites for hydroxylation is 1. The highest BCUT2D eigenvalue weighted by Gasteiger charge is 2.24. The summed E-state index contributed by atoms with van der Waals surface area (Å²) >= 11 is 0. The summed E-state index contributed by atoms with van der Waals surface area (Å²) in [7, 11) is 0. The van der Waals surface area contributed by atoms with E-state index in [2.05, 4.69) is 15.0 Å². The number of hydrogen-bond donors (Lipinski definition) is 2. The van der Waals surface area contributed by atoms with Crippen LogP contribution in [0.4, 0.5) is 0 Å². The normalized spacial score (nSPS) is 15.7. The summed E-state index contributed by atoms with van der Waals surface area (Å²) in [6.07, 6.45) is 5.80. The van der Waals surface area contributed by atoms with Gasteiger partial charge in [-0.1, -0.05) is 18.9 Å². The number of pyridine rings is 1. The quantitative estimate of drug-likeness (QED) is 0.879. The third-order valence-corrected chi connectivity index (χ3v) is 3.85. The summed E-state index contributed by atoms with van der Waals surface area (Å²) in [6.45, 7) is 1.94. The molecule has 0 atom stereocenters. The molecule has 1 saturated carbocycles. The van der Waals surface area contributed by atoms with E-state index in [1.807, 2.05) is 13.0 Å². The Kier molecular flexibility index (Phi) is 3.26. The van der Waals surface area contributed by atoms with Crippen LogP contribution in [-0.2, 0) is 0 Å². The lowest BCUT2D eigenvalue weighted by Gasteiger charge is -2.10. The van der Waals surface area contributed by atoms with E-state index < -0.39 is 0 Å². The zero-order chi connectivity index (χ0) is 14.1.